The van der Waals surface area contributed by atoms with Crippen molar-refractivity contribution in [2.45, 2.75) is 37.1 Å². The topological polar surface area (TPSA) is 74.0 Å². The van der Waals surface area contributed by atoms with Crippen LogP contribution in [0.5, 0.6) is 0 Å². The molecule has 3 aromatic rings. The van der Waals surface area contributed by atoms with Gasteiger partial charge in [0.2, 0.25) is 0 Å². The summed E-state index contributed by atoms with van der Waals surface area (Å²) in [5.41, 5.74) is 4.23. The number of nitrogens with one attached hydrogen (secondary N) is 3. The van der Waals surface area contributed by atoms with Gasteiger partial charge in [0.05, 0.1) is 4.90 Å². The molecule has 1 aliphatic rings. The summed E-state index contributed by atoms with van der Waals surface area (Å²) >= 11 is 0. The number of H-pyrrole nitrogens is 1. The van der Waals surface area contributed by atoms with Crippen molar-refractivity contribution >= 4 is 26.6 Å². The molecule has 2 aromatic carbocycles. The van der Waals surface area contributed by atoms with Crippen LogP contribution in [-0.2, 0) is 22.9 Å². The molecule has 0 amide bonds. The van der Waals surface area contributed by atoms with E-state index in [0.29, 0.717) is 11.7 Å². The van der Waals surface area contributed by atoms with Gasteiger partial charge in [0.15, 0.2) is 0 Å². The smallest absolute Gasteiger partial charge is 0.261 e. The normalized spacial score (nSPS) is 17.2. The number of rotatable bonds is 5. The maximum atomic E-state index is 12.6. The zero-order valence-corrected chi connectivity index (χ0v) is 15.6. The standard InChI is InChI=1S/C20H23N3O2S/c1-2-21-14-8-10-19-17(12-14)18-13-15(9-11-20(18)22-19)23-26(24,25)16-6-4-3-5-7-16/h3-7,9,11,13-14,21-23H,2,8,10,12H2,1H3. The molecule has 3 N–H and O–H groups in total. The molecule has 1 aliphatic carbocycles. The molecule has 5 nitrogen and oxygen atoms in total. The van der Waals surface area contributed by atoms with Crippen molar-refractivity contribution in [3.8, 4) is 0 Å². The van der Waals surface area contributed by atoms with E-state index in [0.717, 1.165) is 36.7 Å². The van der Waals surface area contributed by atoms with E-state index in [9.17, 15) is 8.42 Å². The third-order valence-electron chi connectivity index (χ3n) is 4.99. The number of hydrogen-bond donors (Lipinski definition) is 3. The molecular weight excluding hydrogens is 346 g/mol. The van der Waals surface area contributed by atoms with Crippen molar-refractivity contribution in [3.63, 3.8) is 0 Å². The van der Waals surface area contributed by atoms with Gasteiger partial charge >= 0.3 is 0 Å². The van der Waals surface area contributed by atoms with E-state index >= 15 is 0 Å². The number of aryl methyl sites for hydroxylation is 1. The highest BCUT2D eigenvalue weighted by molar-refractivity contribution is 7.92. The molecule has 6 heteroatoms. The van der Waals surface area contributed by atoms with Gasteiger partial charge in [-0.2, -0.15) is 0 Å². The van der Waals surface area contributed by atoms with Crippen LogP contribution in [0.4, 0.5) is 5.69 Å². The van der Waals surface area contributed by atoms with Gasteiger partial charge in [-0.25, -0.2) is 8.42 Å². The summed E-state index contributed by atoms with van der Waals surface area (Å²) < 4.78 is 27.8. The van der Waals surface area contributed by atoms with Crippen LogP contribution in [0.3, 0.4) is 0 Å². The molecule has 1 atom stereocenters. The Hall–Kier alpha value is -2.31. The number of anilines is 1. The molecule has 0 aliphatic heterocycles. The van der Waals surface area contributed by atoms with Crippen LogP contribution in [0.15, 0.2) is 53.4 Å². The number of hydrogen-bond acceptors (Lipinski definition) is 3. The summed E-state index contributed by atoms with van der Waals surface area (Å²) in [6.07, 6.45) is 3.12. The third-order valence-corrected chi connectivity index (χ3v) is 6.38. The molecular formula is C20H23N3O2S. The van der Waals surface area contributed by atoms with Crippen LogP contribution < -0.4 is 10.0 Å². The Morgan fingerprint density at radius 2 is 1.96 bits per heavy atom. The molecule has 1 heterocycles. The summed E-state index contributed by atoms with van der Waals surface area (Å²) in [6.45, 7) is 3.09. The van der Waals surface area contributed by atoms with Gasteiger partial charge < -0.3 is 10.3 Å². The minimum absolute atomic E-state index is 0.267. The van der Waals surface area contributed by atoms with Gasteiger partial charge in [0.1, 0.15) is 0 Å². The van der Waals surface area contributed by atoms with E-state index in [2.05, 4.69) is 21.9 Å². The van der Waals surface area contributed by atoms with Crippen LogP contribution in [-0.4, -0.2) is 26.0 Å². The summed E-state index contributed by atoms with van der Waals surface area (Å²) in [5.74, 6) is 0. The van der Waals surface area contributed by atoms with E-state index in [1.165, 1.54) is 11.3 Å². The van der Waals surface area contributed by atoms with Crippen LogP contribution in [0, 0.1) is 0 Å². The molecule has 1 aromatic heterocycles. The lowest BCUT2D eigenvalue weighted by Gasteiger charge is -2.23. The minimum atomic E-state index is -3.58. The first kappa shape index (κ1) is 17.1. The lowest BCUT2D eigenvalue weighted by Crippen LogP contribution is -2.34. The van der Waals surface area contributed by atoms with E-state index < -0.39 is 10.0 Å². The van der Waals surface area contributed by atoms with E-state index in [1.54, 1.807) is 30.3 Å². The Bertz CT molecular complexity index is 1030. The Balaban J connectivity index is 1.67. The first-order valence-corrected chi connectivity index (χ1v) is 10.5. The Kier molecular flexibility index (Phi) is 4.46. The highest BCUT2D eigenvalue weighted by Crippen LogP contribution is 2.31. The van der Waals surface area contributed by atoms with Crippen molar-refractivity contribution in [1.29, 1.82) is 0 Å². The second kappa shape index (κ2) is 6.78. The van der Waals surface area contributed by atoms with Crippen molar-refractivity contribution in [1.82, 2.24) is 10.3 Å². The number of likely N-dealkylation sites (N-methyl/N-ethyl adjacent to an activating group) is 1. The van der Waals surface area contributed by atoms with E-state index in [-0.39, 0.29) is 4.90 Å². The summed E-state index contributed by atoms with van der Waals surface area (Å²) in [7, 11) is -3.58. The second-order valence-electron chi connectivity index (χ2n) is 6.76. The predicted molar refractivity (Wildman–Crippen MR) is 105 cm³/mol. The third kappa shape index (κ3) is 3.22. The summed E-state index contributed by atoms with van der Waals surface area (Å²) in [5, 5.41) is 4.64. The minimum Gasteiger partial charge on any atom is -0.358 e. The maximum Gasteiger partial charge on any atom is 0.261 e. The number of benzene rings is 2. The Labute approximate surface area is 153 Å². The molecule has 1 unspecified atom stereocenters. The van der Waals surface area contributed by atoms with Crippen LogP contribution in [0.2, 0.25) is 0 Å². The van der Waals surface area contributed by atoms with E-state index in [4.69, 9.17) is 0 Å². The molecule has 0 radical (unpaired) electrons. The fourth-order valence-electron chi connectivity index (χ4n) is 3.76. The monoisotopic (exact) mass is 369 g/mol. The first-order chi connectivity index (χ1) is 12.6. The largest absolute Gasteiger partial charge is 0.358 e. The number of aromatic nitrogens is 1. The summed E-state index contributed by atoms with van der Waals surface area (Å²) in [4.78, 5) is 3.76. The van der Waals surface area contributed by atoms with Crippen molar-refractivity contribution in [3.05, 3.63) is 59.8 Å². The van der Waals surface area contributed by atoms with Gasteiger partial charge in [-0.05, 0) is 61.7 Å². The molecule has 0 saturated carbocycles. The van der Waals surface area contributed by atoms with Crippen molar-refractivity contribution in [2.24, 2.45) is 0 Å². The number of fused-ring (bicyclic) bond motifs is 3. The molecule has 0 spiro atoms. The summed E-state index contributed by atoms with van der Waals surface area (Å²) in [6, 6.07) is 14.6. The van der Waals surface area contributed by atoms with Crippen molar-refractivity contribution < 1.29 is 8.42 Å². The fourth-order valence-corrected chi connectivity index (χ4v) is 4.83. The zero-order valence-electron chi connectivity index (χ0n) is 14.7. The van der Waals surface area contributed by atoms with Gasteiger partial charge in [0, 0.05) is 28.3 Å². The fraction of sp³-hybridized carbons (Fsp3) is 0.300. The maximum absolute atomic E-state index is 12.6. The first-order valence-electron chi connectivity index (χ1n) is 9.01. The number of sulfonamides is 1. The Morgan fingerprint density at radius 1 is 1.15 bits per heavy atom. The lowest BCUT2D eigenvalue weighted by molar-refractivity contribution is 0.470. The van der Waals surface area contributed by atoms with Gasteiger partial charge in [-0.3, -0.25) is 4.72 Å². The number of aromatic amines is 1. The average molecular weight is 369 g/mol. The van der Waals surface area contributed by atoms with Gasteiger partial charge in [-0.1, -0.05) is 25.1 Å². The molecule has 26 heavy (non-hydrogen) atoms. The zero-order chi connectivity index (χ0) is 18.1. The second-order valence-corrected chi connectivity index (χ2v) is 8.44. The molecule has 0 saturated heterocycles. The molecule has 0 fully saturated rings. The quantitative estimate of drug-likeness (QED) is 0.645. The van der Waals surface area contributed by atoms with Crippen molar-refractivity contribution in [2.75, 3.05) is 11.3 Å². The molecule has 0 bridgehead atoms. The van der Waals surface area contributed by atoms with E-state index in [1.807, 2.05) is 18.2 Å². The van der Waals surface area contributed by atoms with Crippen LogP contribution in [0.1, 0.15) is 24.6 Å². The molecule has 136 valence electrons. The van der Waals surface area contributed by atoms with Crippen LogP contribution in [0.25, 0.3) is 10.9 Å². The predicted octanol–water partition coefficient (Wildman–Crippen LogP) is 3.44. The Morgan fingerprint density at radius 3 is 2.73 bits per heavy atom. The highest BCUT2D eigenvalue weighted by atomic mass is 32.2. The lowest BCUT2D eigenvalue weighted by atomic mass is 9.91. The van der Waals surface area contributed by atoms with Crippen LogP contribution >= 0.6 is 0 Å². The van der Waals surface area contributed by atoms with Gasteiger partial charge in [-0.15, -0.1) is 0 Å². The molecule has 4 rings (SSSR count). The van der Waals surface area contributed by atoms with Gasteiger partial charge in [0.25, 0.3) is 10.0 Å². The highest BCUT2D eigenvalue weighted by Gasteiger charge is 2.22. The SMILES string of the molecule is CCNC1CCc2[nH]c3ccc(NS(=O)(=O)c4ccccc4)cc3c2C1. The average Bonchev–Trinajstić information content (AvgIpc) is 3.00.